The number of hydrogen-bond donors (Lipinski definition) is 3. The summed E-state index contributed by atoms with van der Waals surface area (Å²) in [4.78, 5) is 22.7. The Balaban J connectivity index is 2.19. The minimum Gasteiger partial charge on any atom is -0.459 e. The lowest BCUT2D eigenvalue weighted by atomic mass is 10.3. The summed E-state index contributed by atoms with van der Waals surface area (Å²) in [6, 6.07) is 3.08. The standard InChI is InChI=1S/C11H16N2O5/c1-17-7-8(14)5-12-10(15)6-13-11(16)9-3-2-4-18-9/h2-4,8,14H,5-7H2,1H3,(H,12,15)(H,13,16). The zero-order valence-electron chi connectivity index (χ0n) is 10.0. The van der Waals surface area contributed by atoms with E-state index in [4.69, 9.17) is 9.15 Å². The van der Waals surface area contributed by atoms with Gasteiger partial charge in [0.05, 0.1) is 25.5 Å². The second kappa shape index (κ2) is 7.46. The lowest BCUT2D eigenvalue weighted by molar-refractivity contribution is -0.120. The maximum atomic E-state index is 11.4. The molecule has 0 aliphatic carbocycles. The Hall–Kier alpha value is -1.86. The molecule has 3 N–H and O–H groups in total. The van der Waals surface area contributed by atoms with Crippen molar-refractivity contribution in [3.8, 4) is 0 Å². The second-order valence-electron chi connectivity index (χ2n) is 3.57. The monoisotopic (exact) mass is 256 g/mol. The van der Waals surface area contributed by atoms with E-state index in [1.54, 1.807) is 6.07 Å². The van der Waals surface area contributed by atoms with Crippen LogP contribution in [0.5, 0.6) is 0 Å². The quantitative estimate of drug-likeness (QED) is 0.589. The van der Waals surface area contributed by atoms with Crippen LogP contribution in [0.2, 0.25) is 0 Å². The van der Waals surface area contributed by atoms with Crippen LogP contribution >= 0.6 is 0 Å². The van der Waals surface area contributed by atoms with Crippen LogP contribution in [0.25, 0.3) is 0 Å². The molecule has 100 valence electrons. The number of carbonyl (C=O) groups excluding carboxylic acids is 2. The molecule has 0 aromatic carbocycles. The van der Waals surface area contributed by atoms with Crippen molar-refractivity contribution in [1.82, 2.24) is 10.6 Å². The van der Waals surface area contributed by atoms with Crippen molar-refractivity contribution in [2.45, 2.75) is 6.10 Å². The Kier molecular flexibility index (Phi) is 5.89. The van der Waals surface area contributed by atoms with Gasteiger partial charge in [0.25, 0.3) is 5.91 Å². The number of hydrogen-bond acceptors (Lipinski definition) is 5. The van der Waals surface area contributed by atoms with Gasteiger partial charge in [0, 0.05) is 13.7 Å². The molecule has 1 atom stereocenters. The summed E-state index contributed by atoms with van der Waals surface area (Å²) in [6.45, 7) is 0.0293. The first-order valence-corrected chi connectivity index (χ1v) is 5.39. The molecule has 1 aromatic heterocycles. The Morgan fingerprint density at radius 1 is 1.50 bits per heavy atom. The van der Waals surface area contributed by atoms with Crippen LogP contribution in [0.4, 0.5) is 0 Å². The van der Waals surface area contributed by atoms with Crippen LogP contribution in [-0.2, 0) is 9.53 Å². The molecule has 1 unspecified atom stereocenters. The smallest absolute Gasteiger partial charge is 0.287 e. The first-order chi connectivity index (χ1) is 8.63. The minimum absolute atomic E-state index is 0.0727. The number of aliphatic hydroxyl groups is 1. The highest BCUT2D eigenvalue weighted by Gasteiger charge is 2.11. The van der Waals surface area contributed by atoms with Gasteiger partial charge in [-0.05, 0) is 12.1 Å². The summed E-state index contributed by atoms with van der Waals surface area (Å²) >= 11 is 0. The summed E-state index contributed by atoms with van der Waals surface area (Å²) in [6.07, 6.45) is 0.607. The van der Waals surface area contributed by atoms with E-state index < -0.39 is 17.9 Å². The number of nitrogens with one attached hydrogen (secondary N) is 2. The van der Waals surface area contributed by atoms with Gasteiger partial charge in [-0.1, -0.05) is 0 Å². The van der Waals surface area contributed by atoms with E-state index in [0.717, 1.165) is 0 Å². The third-order valence-electron chi connectivity index (χ3n) is 2.05. The maximum absolute atomic E-state index is 11.4. The molecule has 7 heteroatoms. The van der Waals surface area contributed by atoms with E-state index in [0.29, 0.717) is 0 Å². The second-order valence-corrected chi connectivity index (χ2v) is 3.57. The minimum atomic E-state index is -0.764. The Bertz CT molecular complexity index is 377. The largest absolute Gasteiger partial charge is 0.459 e. The Morgan fingerprint density at radius 3 is 2.89 bits per heavy atom. The summed E-state index contributed by atoms with van der Waals surface area (Å²) in [7, 11) is 1.45. The molecular weight excluding hydrogens is 240 g/mol. The number of rotatable bonds is 7. The normalized spacial score (nSPS) is 11.9. The molecule has 0 bridgehead atoms. The summed E-state index contributed by atoms with van der Waals surface area (Å²) in [5.74, 6) is -0.722. The topological polar surface area (TPSA) is 101 Å². The average Bonchev–Trinajstić information content (AvgIpc) is 2.87. The van der Waals surface area contributed by atoms with Gasteiger partial charge in [-0.15, -0.1) is 0 Å². The summed E-state index contributed by atoms with van der Waals surface area (Å²) in [5, 5.41) is 14.1. The van der Waals surface area contributed by atoms with E-state index in [1.807, 2.05) is 0 Å². The molecule has 0 aliphatic heterocycles. The van der Waals surface area contributed by atoms with Crippen molar-refractivity contribution < 1.29 is 23.8 Å². The van der Waals surface area contributed by atoms with Gasteiger partial charge < -0.3 is 24.9 Å². The zero-order chi connectivity index (χ0) is 13.4. The van der Waals surface area contributed by atoms with Crippen molar-refractivity contribution in [2.24, 2.45) is 0 Å². The number of aliphatic hydroxyl groups excluding tert-OH is 1. The van der Waals surface area contributed by atoms with Crippen molar-refractivity contribution >= 4 is 11.8 Å². The van der Waals surface area contributed by atoms with Gasteiger partial charge in [-0.2, -0.15) is 0 Å². The first kappa shape index (κ1) is 14.2. The van der Waals surface area contributed by atoms with Crippen LogP contribution in [0.1, 0.15) is 10.6 Å². The Morgan fingerprint density at radius 2 is 2.28 bits per heavy atom. The van der Waals surface area contributed by atoms with E-state index in [2.05, 4.69) is 10.6 Å². The van der Waals surface area contributed by atoms with Gasteiger partial charge in [0.15, 0.2) is 5.76 Å². The van der Waals surface area contributed by atoms with Crippen LogP contribution in [0.15, 0.2) is 22.8 Å². The van der Waals surface area contributed by atoms with E-state index in [-0.39, 0.29) is 25.5 Å². The van der Waals surface area contributed by atoms with Crippen molar-refractivity contribution in [2.75, 3.05) is 26.8 Å². The fourth-order valence-electron chi connectivity index (χ4n) is 1.20. The number of ether oxygens (including phenoxy) is 1. The molecule has 1 aromatic rings. The van der Waals surface area contributed by atoms with E-state index >= 15 is 0 Å². The molecule has 0 fully saturated rings. The van der Waals surface area contributed by atoms with Crippen LogP contribution in [0, 0.1) is 0 Å². The van der Waals surface area contributed by atoms with Crippen molar-refractivity contribution in [3.63, 3.8) is 0 Å². The van der Waals surface area contributed by atoms with Crippen LogP contribution in [0.3, 0.4) is 0 Å². The average molecular weight is 256 g/mol. The maximum Gasteiger partial charge on any atom is 0.287 e. The molecule has 2 amide bonds. The molecule has 0 saturated heterocycles. The van der Waals surface area contributed by atoms with Crippen molar-refractivity contribution in [3.05, 3.63) is 24.2 Å². The zero-order valence-corrected chi connectivity index (χ0v) is 10.0. The molecule has 0 saturated carbocycles. The van der Waals surface area contributed by atoms with Crippen LogP contribution in [-0.4, -0.2) is 49.8 Å². The molecule has 0 spiro atoms. The fourth-order valence-corrected chi connectivity index (χ4v) is 1.20. The lowest BCUT2D eigenvalue weighted by Gasteiger charge is -2.10. The third-order valence-corrected chi connectivity index (χ3v) is 2.05. The number of furan rings is 1. The SMILES string of the molecule is COCC(O)CNC(=O)CNC(=O)c1ccco1. The molecular formula is C11H16N2O5. The van der Waals surface area contributed by atoms with Crippen molar-refractivity contribution in [1.29, 1.82) is 0 Å². The highest BCUT2D eigenvalue weighted by molar-refractivity contribution is 5.94. The molecule has 0 aliphatic rings. The van der Waals surface area contributed by atoms with Gasteiger partial charge >= 0.3 is 0 Å². The number of carbonyl (C=O) groups is 2. The van der Waals surface area contributed by atoms with Gasteiger partial charge in [0.1, 0.15) is 0 Å². The van der Waals surface area contributed by atoms with Gasteiger partial charge in [-0.25, -0.2) is 0 Å². The highest BCUT2D eigenvalue weighted by Crippen LogP contribution is 1.98. The van der Waals surface area contributed by atoms with E-state index in [9.17, 15) is 14.7 Å². The predicted molar refractivity (Wildman–Crippen MR) is 61.9 cm³/mol. The summed E-state index contributed by atoms with van der Waals surface area (Å²) in [5.41, 5.74) is 0. The van der Waals surface area contributed by atoms with Crippen LogP contribution < -0.4 is 10.6 Å². The molecule has 1 heterocycles. The third kappa shape index (κ3) is 4.98. The lowest BCUT2D eigenvalue weighted by Crippen LogP contribution is -2.40. The molecule has 0 radical (unpaired) electrons. The summed E-state index contributed by atoms with van der Waals surface area (Å²) < 4.78 is 9.56. The molecule has 18 heavy (non-hydrogen) atoms. The number of methoxy groups -OCH3 is 1. The Labute approximate surface area is 104 Å². The van der Waals surface area contributed by atoms with E-state index in [1.165, 1.54) is 19.4 Å². The number of amides is 2. The fraction of sp³-hybridized carbons (Fsp3) is 0.455. The molecule has 7 nitrogen and oxygen atoms in total. The highest BCUT2D eigenvalue weighted by atomic mass is 16.5. The molecule has 1 rings (SSSR count). The first-order valence-electron chi connectivity index (χ1n) is 5.39. The van der Waals surface area contributed by atoms with Gasteiger partial charge in [-0.3, -0.25) is 9.59 Å². The van der Waals surface area contributed by atoms with Gasteiger partial charge in [0.2, 0.25) is 5.91 Å². The predicted octanol–water partition coefficient (Wildman–Crippen LogP) is -0.867.